The Balaban J connectivity index is 1.87. The van der Waals surface area contributed by atoms with Gasteiger partial charge in [0, 0.05) is 24.3 Å². The van der Waals surface area contributed by atoms with Gasteiger partial charge in [-0.15, -0.1) is 0 Å². The molecule has 2 aromatic rings. The lowest BCUT2D eigenvalue weighted by atomic mass is 10.0. The average Bonchev–Trinajstić information content (AvgIpc) is 2.95. The second-order valence-corrected chi connectivity index (χ2v) is 5.87. The van der Waals surface area contributed by atoms with Gasteiger partial charge in [0.05, 0.1) is 0 Å². The zero-order valence-corrected chi connectivity index (χ0v) is 11.3. The van der Waals surface area contributed by atoms with Crippen LogP contribution in [0.5, 0.6) is 0 Å². The third-order valence-corrected chi connectivity index (χ3v) is 3.93. The highest BCUT2D eigenvalue weighted by atomic mass is 15.2. The van der Waals surface area contributed by atoms with Gasteiger partial charge in [-0.1, -0.05) is 19.9 Å². The maximum absolute atomic E-state index is 3.27. The van der Waals surface area contributed by atoms with E-state index in [1.807, 2.05) is 6.20 Å². The summed E-state index contributed by atoms with van der Waals surface area (Å²) in [7, 11) is 0. The molecule has 2 nitrogen and oxygen atoms in total. The summed E-state index contributed by atoms with van der Waals surface area (Å²) in [5.41, 5.74) is 2.73. The van der Waals surface area contributed by atoms with Gasteiger partial charge in [0.2, 0.25) is 0 Å². The highest BCUT2D eigenvalue weighted by Crippen LogP contribution is 2.33. The molecular weight excluding hydrogens is 220 g/mol. The third-order valence-electron chi connectivity index (χ3n) is 3.93. The van der Waals surface area contributed by atoms with Crippen molar-refractivity contribution in [2.75, 3.05) is 13.1 Å². The van der Waals surface area contributed by atoms with Gasteiger partial charge in [-0.25, -0.2) is 0 Å². The summed E-state index contributed by atoms with van der Waals surface area (Å²) < 4.78 is 0. The van der Waals surface area contributed by atoms with Crippen molar-refractivity contribution in [3.05, 3.63) is 36.0 Å². The monoisotopic (exact) mass is 242 g/mol. The Labute approximate surface area is 109 Å². The Morgan fingerprint density at radius 2 is 2.22 bits per heavy atom. The molecule has 0 saturated carbocycles. The lowest BCUT2D eigenvalue weighted by molar-refractivity contribution is 0.229. The molecule has 1 aromatic carbocycles. The molecule has 1 aliphatic rings. The van der Waals surface area contributed by atoms with Crippen LogP contribution in [0.4, 0.5) is 0 Å². The largest absolute Gasteiger partial charge is 0.361 e. The van der Waals surface area contributed by atoms with Gasteiger partial charge < -0.3 is 4.98 Å². The van der Waals surface area contributed by atoms with E-state index in [1.54, 1.807) is 0 Å². The summed E-state index contributed by atoms with van der Waals surface area (Å²) in [6.45, 7) is 7.10. The van der Waals surface area contributed by atoms with Gasteiger partial charge in [0.25, 0.3) is 0 Å². The van der Waals surface area contributed by atoms with Crippen LogP contribution in [-0.2, 0) is 0 Å². The lowest BCUT2D eigenvalue weighted by Gasteiger charge is -2.26. The summed E-state index contributed by atoms with van der Waals surface area (Å²) in [6, 6.07) is 9.67. The van der Waals surface area contributed by atoms with Gasteiger partial charge in [-0.05, 0) is 54.5 Å². The number of rotatable bonds is 3. The highest BCUT2D eigenvalue weighted by molar-refractivity contribution is 5.80. The van der Waals surface area contributed by atoms with Crippen molar-refractivity contribution >= 4 is 10.9 Å². The van der Waals surface area contributed by atoms with Crippen LogP contribution in [0.1, 0.15) is 38.3 Å². The standard InChI is InChI=1S/C16H22N2/c1-12(2)11-18-9-3-4-16(18)14-5-6-15-13(10-14)7-8-17-15/h5-8,10,12,16-17H,3-4,9,11H2,1-2H3. The molecule has 96 valence electrons. The van der Waals surface area contributed by atoms with Crippen molar-refractivity contribution in [3.8, 4) is 0 Å². The minimum atomic E-state index is 0.631. The number of H-pyrrole nitrogens is 1. The molecule has 1 aromatic heterocycles. The van der Waals surface area contributed by atoms with E-state index in [0.717, 1.165) is 5.92 Å². The summed E-state index contributed by atoms with van der Waals surface area (Å²) in [5.74, 6) is 0.751. The topological polar surface area (TPSA) is 19.0 Å². The first-order valence-electron chi connectivity index (χ1n) is 7.05. The minimum absolute atomic E-state index is 0.631. The van der Waals surface area contributed by atoms with Gasteiger partial charge >= 0.3 is 0 Å². The molecule has 0 aliphatic carbocycles. The lowest BCUT2D eigenvalue weighted by Crippen LogP contribution is -2.27. The fraction of sp³-hybridized carbons (Fsp3) is 0.500. The molecule has 1 unspecified atom stereocenters. The van der Waals surface area contributed by atoms with Crippen molar-refractivity contribution < 1.29 is 0 Å². The van der Waals surface area contributed by atoms with Crippen LogP contribution >= 0.6 is 0 Å². The van der Waals surface area contributed by atoms with Crippen LogP contribution in [-0.4, -0.2) is 23.0 Å². The van der Waals surface area contributed by atoms with E-state index < -0.39 is 0 Å². The quantitative estimate of drug-likeness (QED) is 0.863. The number of aromatic amines is 1. The van der Waals surface area contributed by atoms with Crippen molar-refractivity contribution in [3.63, 3.8) is 0 Å². The van der Waals surface area contributed by atoms with E-state index in [1.165, 1.54) is 42.4 Å². The molecule has 1 fully saturated rings. The van der Waals surface area contributed by atoms with Crippen LogP contribution in [0.15, 0.2) is 30.5 Å². The molecule has 1 atom stereocenters. The maximum Gasteiger partial charge on any atom is 0.0454 e. The fourth-order valence-electron chi connectivity index (χ4n) is 3.17. The van der Waals surface area contributed by atoms with Crippen molar-refractivity contribution in [2.24, 2.45) is 5.92 Å². The molecule has 1 N–H and O–H groups in total. The average molecular weight is 242 g/mol. The zero-order valence-electron chi connectivity index (χ0n) is 11.3. The van der Waals surface area contributed by atoms with E-state index in [4.69, 9.17) is 0 Å². The predicted octanol–water partition coefficient (Wildman–Crippen LogP) is 3.96. The van der Waals surface area contributed by atoms with E-state index in [2.05, 4.69) is 48.0 Å². The molecule has 0 bridgehead atoms. The first kappa shape index (κ1) is 11.8. The molecule has 2 heteroatoms. The number of hydrogen-bond donors (Lipinski definition) is 1. The van der Waals surface area contributed by atoms with E-state index in [-0.39, 0.29) is 0 Å². The predicted molar refractivity (Wildman–Crippen MR) is 76.7 cm³/mol. The Morgan fingerprint density at radius 1 is 1.33 bits per heavy atom. The summed E-state index contributed by atoms with van der Waals surface area (Å²) >= 11 is 0. The van der Waals surface area contributed by atoms with Gasteiger partial charge in [0.1, 0.15) is 0 Å². The number of aromatic nitrogens is 1. The van der Waals surface area contributed by atoms with E-state index in [9.17, 15) is 0 Å². The molecule has 0 spiro atoms. The summed E-state index contributed by atoms with van der Waals surface area (Å²) in [4.78, 5) is 5.92. The number of benzene rings is 1. The summed E-state index contributed by atoms with van der Waals surface area (Å²) in [6.07, 6.45) is 4.67. The first-order chi connectivity index (χ1) is 8.74. The van der Waals surface area contributed by atoms with E-state index in [0.29, 0.717) is 6.04 Å². The molecule has 0 amide bonds. The maximum atomic E-state index is 3.27. The Morgan fingerprint density at radius 3 is 3.06 bits per heavy atom. The Hall–Kier alpha value is -1.28. The Bertz CT molecular complexity index is 527. The fourth-order valence-corrected chi connectivity index (χ4v) is 3.17. The van der Waals surface area contributed by atoms with Crippen molar-refractivity contribution in [1.29, 1.82) is 0 Å². The van der Waals surface area contributed by atoms with Gasteiger partial charge in [-0.3, -0.25) is 4.90 Å². The van der Waals surface area contributed by atoms with Crippen LogP contribution < -0.4 is 0 Å². The molecule has 2 heterocycles. The third kappa shape index (κ3) is 2.17. The Kier molecular flexibility index (Phi) is 3.13. The van der Waals surface area contributed by atoms with Crippen LogP contribution in [0.25, 0.3) is 10.9 Å². The minimum Gasteiger partial charge on any atom is -0.361 e. The van der Waals surface area contributed by atoms with Crippen LogP contribution in [0, 0.1) is 5.92 Å². The number of fused-ring (bicyclic) bond motifs is 1. The number of hydrogen-bond acceptors (Lipinski definition) is 1. The smallest absolute Gasteiger partial charge is 0.0454 e. The molecule has 0 radical (unpaired) electrons. The first-order valence-corrected chi connectivity index (χ1v) is 7.05. The van der Waals surface area contributed by atoms with Gasteiger partial charge in [0.15, 0.2) is 0 Å². The van der Waals surface area contributed by atoms with E-state index >= 15 is 0 Å². The van der Waals surface area contributed by atoms with Gasteiger partial charge in [-0.2, -0.15) is 0 Å². The second kappa shape index (κ2) is 4.77. The molecule has 1 saturated heterocycles. The zero-order chi connectivity index (χ0) is 12.5. The van der Waals surface area contributed by atoms with Crippen LogP contribution in [0.3, 0.4) is 0 Å². The number of nitrogens with zero attached hydrogens (tertiary/aromatic N) is 1. The van der Waals surface area contributed by atoms with Crippen molar-refractivity contribution in [1.82, 2.24) is 9.88 Å². The van der Waals surface area contributed by atoms with Crippen LogP contribution in [0.2, 0.25) is 0 Å². The highest BCUT2D eigenvalue weighted by Gasteiger charge is 2.26. The number of nitrogens with one attached hydrogen (secondary N) is 1. The molecule has 1 aliphatic heterocycles. The molecule has 3 rings (SSSR count). The van der Waals surface area contributed by atoms with Crippen molar-refractivity contribution in [2.45, 2.75) is 32.7 Å². The number of likely N-dealkylation sites (tertiary alicyclic amines) is 1. The molecule has 18 heavy (non-hydrogen) atoms. The summed E-state index contributed by atoms with van der Waals surface area (Å²) in [5, 5.41) is 1.34. The SMILES string of the molecule is CC(C)CN1CCCC1c1ccc2[nH]ccc2c1. The normalized spacial score (nSPS) is 21.2. The second-order valence-electron chi connectivity index (χ2n) is 5.87. The molecular formula is C16H22N2.